The lowest BCUT2D eigenvalue weighted by Crippen LogP contribution is -2.42. The van der Waals surface area contributed by atoms with Crippen LogP contribution in [-0.4, -0.2) is 50.0 Å². The van der Waals surface area contributed by atoms with Crippen molar-refractivity contribution >= 4 is 40.8 Å². The highest BCUT2D eigenvalue weighted by Gasteiger charge is 2.14. The topological polar surface area (TPSA) is 99.8 Å². The van der Waals surface area contributed by atoms with Gasteiger partial charge in [-0.05, 0) is 37.4 Å². The fourth-order valence-electron chi connectivity index (χ4n) is 2.36. The molecule has 4 amide bonds. The van der Waals surface area contributed by atoms with Crippen LogP contribution in [0.15, 0.2) is 48.5 Å². The van der Waals surface area contributed by atoms with Crippen LogP contribution in [0.4, 0.5) is 16.2 Å². The summed E-state index contributed by atoms with van der Waals surface area (Å²) < 4.78 is 5.17. The SMILES string of the molecule is COc1ccc(Cl)cc1NC(=O)CN(C)CC(=O)NC(=O)Nc1ccccc1. The number of nitrogens with zero attached hydrogens (tertiary/aromatic N) is 1. The van der Waals surface area contributed by atoms with Gasteiger partial charge in [-0.2, -0.15) is 0 Å². The van der Waals surface area contributed by atoms with Gasteiger partial charge in [0.25, 0.3) is 0 Å². The van der Waals surface area contributed by atoms with E-state index in [9.17, 15) is 14.4 Å². The Hall–Kier alpha value is -3.10. The van der Waals surface area contributed by atoms with Crippen LogP contribution in [0.1, 0.15) is 0 Å². The van der Waals surface area contributed by atoms with Gasteiger partial charge in [0.1, 0.15) is 5.75 Å². The van der Waals surface area contributed by atoms with Crippen molar-refractivity contribution in [3.05, 3.63) is 53.6 Å². The van der Waals surface area contributed by atoms with E-state index in [1.807, 2.05) is 6.07 Å². The van der Waals surface area contributed by atoms with Crippen LogP contribution in [0, 0.1) is 0 Å². The molecule has 2 aromatic rings. The number of ether oxygens (including phenoxy) is 1. The number of nitrogens with one attached hydrogen (secondary N) is 3. The summed E-state index contributed by atoms with van der Waals surface area (Å²) in [7, 11) is 3.07. The normalized spacial score (nSPS) is 10.3. The molecule has 0 spiro atoms. The quantitative estimate of drug-likeness (QED) is 0.658. The number of halogens is 1. The molecule has 0 unspecified atom stereocenters. The van der Waals surface area contributed by atoms with E-state index < -0.39 is 11.9 Å². The van der Waals surface area contributed by atoms with Crippen LogP contribution < -0.4 is 20.7 Å². The van der Waals surface area contributed by atoms with E-state index >= 15 is 0 Å². The minimum atomic E-state index is -0.641. The Labute approximate surface area is 167 Å². The molecule has 28 heavy (non-hydrogen) atoms. The average molecular weight is 405 g/mol. The van der Waals surface area contributed by atoms with Gasteiger partial charge < -0.3 is 15.4 Å². The van der Waals surface area contributed by atoms with Crippen molar-refractivity contribution < 1.29 is 19.1 Å². The highest BCUT2D eigenvalue weighted by molar-refractivity contribution is 6.31. The summed E-state index contributed by atoms with van der Waals surface area (Å²) in [4.78, 5) is 37.4. The molecular formula is C19H21ClN4O4. The number of urea groups is 1. The largest absolute Gasteiger partial charge is 0.495 e. The van der Waals surface area contributed by atoms with Gasteiger partial charge in [-0.25, -0.2) is 4.79 Å². The van der Waals surface area contributed by atoms with E-state index in [0.29, 0.717) is 22.1 Å². The predicted octanol–water partition coefficient (Wildman–Crippen LogP) is 2.57. The molecular weight excluding hydrogens is 384 g/mol. The van der Waals surface area contributed by atoms with E-state index in [1.165, 1.54) is 12.0 Å². The van der Waals surface area contributed by atoms with Gasteiger partial charge in [-0.15, -0.1) is 0 Å². The molecule has 0 aromatic heterocycles. The summed E-state index contributed by atoms with van der Waals surface area (Å²) in [5, 5.41) is 7.88. The van der Waals surface area contributed by atoms with Crippen LogP contribution in [0.25, 0.3) is 0 Å². The Balaban J connectivity index is 1.80. The maximum atomic E-state index is 12.2. The fraction of sp³-hybridized carbons (Fsp3) is 0.211. The summed E-state index contributed by atoms with van der Waals surface area (Å²) in [5.74, 6) is -0.426. The fourth-order valence-corrected chi connectivity index (χ4v) is 2.54. The Morgan fingerprint density at radius 2 is 1.68 bits per heavy atom. The molecule has 9 heteroatoms. The number of hydrogen-bond acceptors (Lipinski definition) is 5. The van der Waals surface area contributed by atoms with Crippen molar-refractivity contribution in [3.8, 4) is 5.75 Å². The van der Waals surface area contributed by atoms with Gasteiger partial charge in [0, 0.05) is 10.7 Å². The zero-order valence-electron chi connectivity index (χ0n) is 15.5. The lowest BCUT2D eigenvalue weighted by molar-refractivity contribution is -0.122. The number of rotatable bonds is 7. The van der Waals surface area contributed by atoms with Crippen molar-refractivity contribution in [2.45, 2.75) is 0 Å². The first-order valence-electron chi connectivity index (χ1n) is 8.35. The molecule has 0 aliphatic heterocycles. The third kappa shape index (κ3) is 6.90. The first kappa shape index (κ1) is 21.2. The number of carbonyl (C=O) groups excluding carboxylic acids is 3. The third-order valence-electron chi connectivity index (χ3n) is 3.55. The first-order valence-corrected chi connectivity index (χ1v) is 8.73. The maximum absolute atomic E-state index is 12.2. The number of methoxy groups -OCH3 is 1. The average Bonchev–Trinajstić information content (AvgIpc) is 2.62. The van der Waals surface area contributed by atoms with Gasteiger partial charge in [-0.1, -0.05) is 29.8 Å². The lowest BCUT2D eigenvalue weighted by atomic mass is 10.3. The molecule has 3 N–H and O–H groups in total. The number of likely N-dealkylation sites (N-methyl/N-ethyl adjacent to an activating group) is 1. The van der Waals surface area contributed by atoms with Crippen LogP contribution in [0.3, 0.4) is 0 Å². The molecule has 148 valence electrons. The second-order valence-corrected chi connectivity index (χ2v) is 6.37. The van der Waals surface area contributed by atoms with Crippen molar-refractivity contribution in [1.82, 2.24) is 10.2 Å². The van der Waals surface area contributed by atoms with Gasteiger partial charge in [0.2, 0.25) is 11.8 Å². The minimum absolute atomic E-state index is 0.0661. The smallest absolute Gasteiger partial charge is 0.325 e. The van der Waals surface area contributed by atoms with E-state index in [0.717, 1.165) is 0 Å². The Morgan fingerprint density at radius 1 is 1.00 bits per heavy atom. The number of imide groups is 1. The highest BCUT2D eigenvalue weighted by Crippen LogP contribution is 2.27. The number of carbonyl (C=O) groups is 3. The van der Waals surface area contributed by atoms with Gasteiger partial charge in [-0.3, -0.25) is 19.8 Å². The predicted molar refractivity (Wildman–Crippen MR) is 108 cm³/mol. The highest BCUT2D eigenvalue weighted by atomic mass is 35.5. The van der Waals surface area contributed by atoms with Crippen LogP contribution in [-0.2, 0) is 9.59 Å². The molecule has 0 fully saturated rings. The van der Waals surface area contributed by atoms with E-state index in [2.05, 4.69) is 16.0 Å². The van der Waals surface area contributed by atoms with Crippen molar-refractivity contribution in [1.29, 1.82) is 0 Å². The number of para-hydroxylation sites is 1. The molecule has 0 aliphatic carbocycles. The van der Waals surface area contributed by atoms with E-state index in [4.69, 9.17) is 16.3 Å². The van der Waals surface area contributed by atoms with Crippen molar-refractivity contribution in [2.24, 2.45) is 0 Å². The molecule has 2 aromatic carbocycles. The molecule has 0 saturated heterocycles. The van der Waals surface area contributed by atoms with E-state index in [-0.39, 0.29) is 19.0 Å². The molecule has 0 aliphatic rings. The van der Waals surface area contributed by atoms with Gasteiger partial charge >= 0.3 is 6.03 Å². The minimum Gasteiger partial charge on any atom is -0.495 e. The summed E-state index contributed by atoms with van der Waals surface area (Å²) in [6.07, 6.45) is 0. The first-order chi connectivity index (χ1) is 13.4. The number of anilines is 2. The van der Waals surface area contributed by atoms with Crippen molar-refractivity contribution in [3.63, 3.8) is 0 Å². The van der Waals surface area contributed by atoms with Crippen LogP contribution in [0.2, 0.25) is 5.02 Å². The molecule has 0 bridgehead atoms. The molecule has 2 rings (SSSR count). The van der Waals surface area contributed by atoms with Crippen LogP contribution in [0.5, 0.6) is 5.75 Å². The number of amides is 4. The second-order valence-electron chi connectivity index (χ2n) is 5.93. The van der Waals surface area contributed by atoms with Crippen LogP contribution >= 0.6 is 11.6 Å². The summed E-state index contributed by atoms with van der Waals surface area (Å²) in [5.41, 5.74) is 0.996. The van der Waals surface area contributed by atoms with E-state index in [1.54, 1.807) is 49.5 Å². The second kappa shape index (κ2) is 10.3. The zero-order valence-corrected chi connectivity index (χ0v) is 16.2. The molecule has 0 atom stereocenters. The van der Waals surface area contributed by atoms with Gasteiger partial charge in [0.15, 0.2) is 0 Å². The lowest BCUT2D eigenvalue weighted by Gasteiger charge is -2.16. The Bertz CT molecular complexity index is 845. The number of benzene rings is 2. The standard InChI is InChI=1S/C19H21ClN4O4/c1-24(11-17(25)22-15-10-13(20)8-9-16(15)28-2)12-18(26)23-19(27)21-14-6-4-3-5-7-14/h3-10H,11-12H2,1-2H3,(H,22,25)(H2,21,23,26,27). The Kier molecular flexibility index (Phi) is 7.79. The molecule has 0 saturated carbocycles. The zero-order chi connectivity index (χ0) is 20.5. The molecule has 0 radical (unpaired) electrons. The molecule has 0 heterocycles. The maximum Gasteiger partial charge on any atom is 0.325 e. The summed E-state index contributed by atoms with van der Waals surface area (Å²) >= 11 is 5.93. The van der Waals surface area contributed by atoms with Gasteiger partial charge in [0.05, 0.1) is 25.9 Å². The summed E-state index contributed by atoms with van der Waals surface area (Å²) in [6, 6.07) is 12.9. The third-order valence-corrected chi connectivity index (χ3v) is 3.78. The van der Waals surface area contributed by atoms with Crippen molar-refractivity contribution in [2.75, 3.05) is 37.9 Å². The monoisotopic (exact) mass is 404 g/mol. The summed E-state index contributed by atoms with van der Waals surface area (Å²) in [6.45, 7) is -0.203. The molecule has 8 nitrogen and oxygen atoms in total. The Morgan fingerprint density at radius 3 is 2.36 bits per heavy atom. The number of hydrogen-bond donors (Lipinski definition) is 3.